The highest BCUT2D eigenvalue weighted by Crippen LogP contribution is 2.44. The van der Waals surface area contributed by atoms with Crippen LogP contribution in [0.3, 0.4) is 0 Å². The second-order valence-corrected chi connectivity index (χ2v) is 12.3. The van der Waals surface area contributed by atoms with Crippen molar-refractivity contribution in [2.24, 2.45) is 5.92 Å². The van der Waals surface area contributed by atoms with Crippen LogP contribution in [0.25, 0.3) is 10.2 Å². The van der Waals surface area contributed by atoms with Crippen LogP contribution < -0.4 is 4.90 Å². The number of rotatable bonds is 8. The van der Waals surface area contributed by atoms with Gasteiger partial charge in [-0.2, -0.15) is 0 Å². The fourth-order valence-corrected chi connectivity index (χ4v) is 7.24. The lowest BCUT2D eigenvalue weighted by atomic mass is 9.89. The average Bonchev–Trinajstić information content (AvgIpc) is 3.22. The lowest BCUT2D eigenvalue weighted by molar-refractivity contribution is -0.0543. The van der Waals surface area contributed by atoms with Gasteiger partial charge in [-0.05, 0) is 56.1 Å². The summed E-state index contributed by atoms with van der Waals surface area (Å²) in [5.41, 5.74) is 2.82. The van der Waals surface area contributed by atoms with Gasteiger partial charge in [-0.1, -0.05) is 62.4 Å². The summed E-state index contributed by atoms with van der Waals surface area (Å²) in [4.78, 5) is 15.3. The Bertz CT molecular complexity index is 1110. The van der Waals surface area contributed by atoms with Gasteiger partial charge in [-0.15, -0.1) is 11.3 Å². The number of unbranched alkanes of at least 4 members (excludes halogenated alkanes) is 1. The van der Waals surface area contributed by atoms with E-state index in [0.717, 1.165) is 47.6 Å². The topological polar surface area (TPSA) is 38.2 Å². The van der Waals surface area contributed by atoms with Gasteiger partial charge in [0.1, 0.15) is 10.6 Å². The molecule has 5 rings (SSSR count). The summed E-state index contributed by atoms with van der Waals surface area (Å²) in [6.45, 7) is 9.59. The monoisotopic (exact) mass is 495 g/mol. The first kappa shape index (κ1) is 24.1. The first-order chi connectivity index (χ1) is 16.6. The molecule has 2 aliphatic heterocycles. The molecular formula is C28H37N3OS2. The molecule has 2 aromatic heterocycles. The van der Waals surface area contributed by atoms with Gasteiger partial charge >= 0.3 is 0 Å². The van der Waals surface area contributed by atoms with Crippen molar-refractivity contribution >= 4 is 39.1 Å². The van der Waals surface area contributed by atoms with Crippen molar-refractivity contribution in [2.75, 3.05) is 23.7 Å². The molecule has 1 atom stereocenters. The highest BCUT2D eigenvalue weighted by atomic mass is 32.2. The van der Waals surface area contributed by atoms with Crippen molar-refractivity contribution in [3.05, 3.63) is 46.3 Å². The lowest BCUT2D eigenvalue weighted by Gasteiger charge is -2.35. The van der Waals surface area contributed by atoms with Gasteiger partial charge < -0.3 is 9.64 Å². The number of benzene rings is 1. The normalized spacial score (nSPS) is 21.2. The molecule has 4 heterocycles. The molecule has 0 unspecified atom stereocenters. The number of thioether (sulfide) groups is 1. The van der Waals surface area contributed by atoms with Crippen LogP contribution in [0.4, 0.5) is 5.82 Å². The third-order valence-electron chi connectivity index (χ3n) is 7.56. The van der Waals surface area contributed by atoms with E-state index in [9.17, 15) is 0 Å². The van der Waals surface area contributed by atoms with E-state index >= 15 is 0 Å². The van der Waals surface area contributed by atoms with Gasteiger partial charge in [0, 0.05) is 30.1 Å². The highest BCUT2D eigenvalue weighted by Gasteiger charge is 2.34. The summed E-state index contributed by atoms with van der Waals surface area (Å²) >= 11 is 3.65. The van der Waals surface area contributed by atoms with Crippen molar-refractivity contribution < 1.29 is 4.74 Å². The van der Waals surface area contributed by atoms with E-state index in [4.69, 9.17) is 14.7 Å². The molecule has 0 amide bonds. The molecule has 0 N–H and O–H groups in total. The second kappa shape index (κ2) is 10.5. The minimum Gasteiger partial charge on any atom is -0.369 e. The zero-order chi connectivity index (χ0) is 23.5. The van der Waals surface area contributed by atoms with Gasteiger partial charge in [-0.3, -0.25) is 0 Å². The Kier molecular flexibility index (Phi) is 7.47. The molecule has 0 bridgehead atoms. The summed E-state index contributed by atoms with van der Waals surface area (Å²) in [6, 6.07) is 11.0. The van der Waals surface area contributed by atoms with Crippen molar-refractivity contribution in [3.8, 4) is 0 Å². The number of hydrogen-bond donors (Lipinski definition) is 0. The molecule has 34 heavy (non-hydrogen) atoms. The molecule has 1 aromatic carbocycles. The smallest absolute Gasteiger partial charge is 0.190 e. The van der Waals surface area contributed by atoms with Crippen LogP contribution in [0.2, 0.25) is 0 Å². The molecular weight excluding hydrogens is 458 g/mol. The van der Waals surface area contributed by atoms with Gasteiger partial charge in [0.05, 0.1) is 17.6 Å². The summed E-state index contributed by atoms with van der Waals surface area (Å²) in [5, 5.41) is 2.25. The van der Waals surface area contributed by atoms with Crippen LogP contribution in [-0.2, 0) is 24.2 Å². The van der Waals surface area contributed by atoms with Crippen molar-refractivity contribution in [2.45, 2.75) is 83.1 Å². The molecule has 0 aliphatic carbocycles. The van der Waals surface area contributed by atoms with Crippen LogP contribution >= 0.6 is 23.1 Å². The van der Waals surface area contributed by atoms with Crippen LogP contribution in [0.5, 0.6) is 0 Å². The van der Waals surface area contributed by atoms with Crippen molar-refractivity contribution in [1.29, 1.82) is 0 Å². The van der Waals surface area contributed by atoms with Crippen LogP contribution in [0, 0.1) is 5.92 Å². The number of fused-ring (bicyclic) bond motifs is 3. The Morgan fingerprint density at radius 3 is 2.68 bits per heavy atom. The van der Waals surface area contributed by atoms with Crippen LogP contribution in [0.1, 0.15) is 68.9 Å². The molecule has 0 spiro atoms. The number of anilines is 1. The summed E-state index contributed by atoms with van der Waals surface area (Å²) in [5.74, 6) is 3.02. The molecule has 182 valence electrons. The zero-order valence-electron chi connectivity index (χ0n) is 20.8. The number of hydrogen-bond acceptors (Lipinski definition) is 6. The lowest BCUT2D eigenvalue weighted by Crippen LogP contribution is -2.36. The standard InChI is InChI=1S/C28H37N3OS2/c1-4-6-16-33-27-29-25(31-14-12-21(13-15-31)17-20-10-8-7-9-11-20)24-22-18-28(3,5-2)32-19-23(22)34-26(24)30-27/h7-11,21H,4-6,12-19H2,1-3H3/t28-/m1/s1. The Labute approximate surface area is 212 Å². The van der Waals surface area contributed by atoms with E-state index in [1.807, 2.05) is 23.1 Å². The predicted molar refractivity (Wildman–Crippen MR) is 145 cm³/mol. The molecule has 3 aromatic rings. The molecule has 1 saturated heterocycles. The van der Waals surface area contributed by atoms with E-state index in [-0.39, 0.29) is 5.60 Å². The molecule has 2 aliphatic rings. The third-order valence-corrected chi connectivity index (χ3v) is 9.59. The van der Waals surface area contributed by atoms with E-state index in [0.29, 0.717) is 6.61 Å². The Morgan fingerprint density at radius 2 is 1.94 bits per heavy atom. The number of nitrogens with zero attached hydrogens (tertiary/aromatic N) is 3. The number of ether oxygens (including phenoxy) is 1. The maximum Gasteiger partial charge on any atom is 0.190 e. The molecule has 6 heteroatoms. The first-order valence-electron chi connectivity index (χ1n) is 13.0. The minimum atomic E-state index is -0.0878. The van der Waals surface area contributed by atoms with E-state index in [2.05, 4.69) is 56.0 Å². The summed E-state index contributed by atoms with van der Waals surface area (Å²) < 4.78 is 6.28. The largest absolute Gasteiger partial charge is 0.369 e. The molecule has 1 fully saturated rings. The third kappa shape index (κ3) is 5.14. The quantitative estimate of drug-likeness (QED) is 0.186. The van der Waals surface area contributed by atoms with Gasteiger partial charge in [0.2, 0.25) is 0 Å². The van der Waals surface area contributed by atoms with Crippen molar-refractivity contribution in [3.63, 3.8) is 0 Å². The zero-order valence-corrected chi connectivity index (χ0v) is 22.4. The van der Waals surface area contributed by atoms with Crippen molar-refractivity contribution in [1.82, 2.24) is 9.97 Å². The average molecular weight is 496 g/mol. The van der Waals surface area contributed by atoms with Crippen LogP contribution in [0.15, 0.2) is 35.5 Å². The van der Waals surface area contributed by atoms with E-state index in [1.54, 1.807) is 0 Å². The maximum atomic E-state index is 6.28. The summed E-state index contributed by atoms with van der Waals surface area (Å²) in [7, 11) is 0. The van der Waals surface area contributed by atoms with E-state index < -0.39 is 0 Å². The van der Waals surface area contributed by atoms with Gasteiger partial charge in [0.25, 0.3) is 0 Å². The SMILES string of the molecule is CCCCSc1nc(N2CCC(Cc3ccccc3)CC2)c2c3c(sc2n1)CO[C@](C)(CC)C3. The van der Waals surface area contributed by atoms with E-state index in [1.165, 1.54) is 59.3 Å². The fraction of sp³-hybridized carbons (Fsp3) is 0.571. The molecule has 4 nitrogen and oxygen atoms in total. The number of piperidine rings is 1. The molecule has 0 saturated carbocycles. The molecule has 0 radical (unpaired) electrons. The van der Waals surface area contributed by atoms with Gasteiger partial charge in [-0.25, -0.2) is 9.97 Å². The number of thiophene rings is 1. The Balaban J connectivity index is 1.43. The number of aromatic nitrogens is 2. The maximum absolute atomic E-state index is 6.28. The first-order valence-corrected chi connectivity index (χ1v) is 14.8. The van der Waals surface area contributed by atoms with Gasteiger partial charge in [0.15, 0.2) is 5.16 Å². The second-order valence-electron chi connectivity index (χ2n) is 10.1. The Hall–Kier alpha value is -1.63. The fourth-order valence-electron chi connectivity index (χ4n) is 5.16. The Morgan fingerprint density at radius 1 is 1.15 bits per heavy atom. The predicted octanol–water partition coefficient (Wildman–Crippen LogP) is 7.28. The summed E-state index contributed by atoms with van der Waals surface area (Å²) in [6.07, 6.45) is 8.03. The van der Waals surface area contributed by atoms with Crippen LogP contribution in [-0.4, -0.2) is 34.4 Å². The minimum absolute atomic E-state index is 0.0878. The highest BCUT2D eigenvalue weighted by molar-refractivity contribution is 7.99.